The Labute approximate surface area is 195 Å². The number of carbonyl (C=O) groups excluding carboxylic acids is 1. The number of amides is 1. The van der Waals surface area contributed by atoms with Crippen LogP contribution in [0.4, 0.5) is 0 Å². The molecule has 0 radical (unpaired) electrons. The Morgan fingerprint density at radius 3 is 2.58 bits per heavy atom. The van der Waals surface area contributed by atoms with Crippen LogP contribution in [0.1, 0.15) is 40.4 Å². The van der Waals surface area contributed by atoms with Gasteiger partial charge >= 0.3 is 0 Å². The second-order valence-corrected chi connectivity index (χ2v) is 9.42. The SMILES string of the molecule is COc1ccc(-c2cc(C3CN4CCC3CC4CNC(=O)c3ccc(C)cc3)n(C)n2)cc1. The fourth-order valence-corrected chi connectivity index (χ4v) is 5.43. The van der Waals surface area contributed by atoms with E-state index in [2.05, 4.69) is 40.1 Å². The third-order valence-electron chi connectivity index (χ3n) is 7.37. The van der Waals surface area contributed by atoms with Crippen molar-refractivity contribution in [1.29, 1.82) is 0 Å². The van der Waals surface area contributed by atoms with Gasteiger partial charge < -0.3 is 10.1 Å². The predicted molar refractivity (Wildman–Crippen MR) is 130 cm³/mol. The molecule has 172 valence electrons. The van der Waals surface area contributed by atoms with E-state index >= 15 is 0 Å². The minimum atomic E-state index is 0.0185. The number of rotatable bonds is 6. The van der Waals surface area contributed by atoms with Crippen molar-refractivity contribution in [3.05, 3.63) is 71.4 Å². The maximum atomic E-state index is 12.6. The number of benzene rings is 2. The maximum Gasteiger partial charge on any atom is 0.251 e. The first kappa shape index (κ1) is 21.7. The van der Waals surface area contributed by atoms with E-state index in [0.717, 1.165) is 42.1 Å². The molecular formula is C27H32N4O2. The number of hydrogen-bond donors (Lipinski definition) is 1. The van der Waals surface area contributed by atoms with E-state index in [1.807, 2.05) is 43.3 Å². The van der Waals surface area contributed by atoms with E-state index < -0.39 is 0 Å². The van der Waals surface area contributed by atoms with Crippen LogP contribution in [-0.4, -0.2) is 53.4 Å². The van der Waals surface area contributed by atoms with Gasteiger partial charge in [0.05, 0.1) is 12.8 Å². The molecule has 3 aromatic rings. The number of carbonyl (C=O) groups is 1. The molecule has 2 bridgehead atoms. The van der Waals surface area contributed by atoms with Crippen molar-refractivity contribution < 1.29 is 9.53 Å². The van der Waals surface area contributed by atoms with Crippen LogP contribution in [0.2, 0.25) is 0 Å². The van der Waals surface area contributed by atoms with E-state index in [4.69, 9.17) is 9.84 Å². The van der Waals surface area contributed by atoms with Gasteiger partial charge in [-0.25, -0.2) is 0 Å². The summed E-state index contributed by atoms with van der Waals surface area (Å²) in [7, 11) is 3.74. The molecule has 3 saturated heterocycles. The Hall–Kier alpha value is -3.12. The predicted octanol–water partition coefficient (Wildman–Crippen LogP) is 4.01. The molecule has 6 heteroatoms. The van der Waals surface area contributed by atoms with Crippen LogP contribution in [0.5, 0.6) is 5.75 Å². The molecule has 3 aliphatic heterocycles. The van der Waals surface area contributed by atoms with Gasteiger partial charge in [0.25, 0.3) is 5.91 Å². The standard InChI is InChI=1S/C27H32N4O2/c1-18-4-6-20(7-5-18)27(32)28-16-22-14-21-12-13-31(22)17-24(21)26-15-25(29-30(26)2)19-8-10-23(33-3)11-9-19/h4-11,15,21-22,24H,12-14,16-17H2,1-3H3,(H,28,32). The molecule has 4 atom stereocenters. The highest BCUT2D eigenvalue weighted by atomic mass is 16.5. The monoisotopic (exact) mass is 444 g/mol. The van der Waals surface area contributed by atoms with Crippen LogP contribution >= 0.6 is 0 Å². The van der Waals surface area contributed by atoms with Gasteiger partial charge in [-0.15, -0.1) is 0 Å². The van der Waals surface area contributed by atoms with Crippen LogP contribution in [0.25, 0.3) is 11.3 Å². The Morgan fingerprint density at radius 2 is 1.91 bits per heavy atom. The summed E-state index contributed by atoms with van der Waals surface area (Å²) in [4.78, 5) is 15.1. The van der Waals surface area contributed by atoms with Gasteiger partial charge in [0, 0.05) is 48.9 Å². The van der Waals surface area contributed by atoms with Crippen molar-refractivity contribution in [3.8, 4) is 17.0 Å². The van der Waals surface area contributed by atoms with Crippen molar-refractivity contribution >= 4 is 5.91 Å². The smallest absolute Gasteiger partial charge is 0.251 e. The third kappa shape index (κ3) is 4.40. The molecule has 4 unspecified atom stereocenters. The lowest BCUT2D eigenvalue weighted by Gasteiger charge is -2.50. The number of aromatic nitrogens is 2. The molecule has 0 spiro atoms. The van der Waals surface area contributed by atoms with Gasteiger partial charge in [-0.1, -0.05) is 17.7 Å². The van der Waals surface area contributed by atoms with E-state index in [0.29, 0.717) is 24.4 Å². The molecule has 1 amide bonds. The zero-order valence-corrected chi connectivity index (χ0v) is 19.6. The minimum absolute atomic E-state index is 0.0185. The highest BCUT2D eigenvalue weighted by Crippen LogP contribution is 2.42. The second kappa shape index (κ2) is 9.02. The number of piperidine rings is 3. The summed E-state index contributed by atoms with van der Waals surface area (Å²) in [5.74, 6) is 1.97. The molecule has 1 N–H and O–H groups in total. The number of nitrogens with one attached hydrogen (secondary N) is 1. The Bertz CT molecular complexity index is 1120. The molecule has 0 saturated carbocycles. The quantitative estimate of drug-likeness (QED) is 0.624. The largest absolute Gasteiger partial charge is 0.497 e. The average Bonchev–Trinajstić information content (AvgIpc) is 3.24. The van der Waals surface area contributed by atoms with Gasteiger partial charge in [-0.05, 0) is 74.7 Å². The summed E-state index contributed by atoms with van der Waals surface area (Å²) in [5.41, 5.74) is 5.32. The third-order valence-corrected chi connectivity index (χ3v) is 7.37. The number of methoxy groups -OCH3 is 1. The normalized spacial score (nSPS) is 24.0. The van der Waals surface area contributed by atoms with E-state index in [-0.39, 0.29) is 5.91 Å². The van der Waals surface area contributed by atoms with Crippen molar-refractivity contribution in [2.45, 2.75) is 31.7 Å². The van der Waals surface area contributed by atoms with Crippen LogP contribution < -0.4 is 10.1 Å². The lowest BCUT2D eigenvalue weighted by atomic mass is 9.74. The van der Waals surface area contributed by atoms with Crippen LogP contribution in [0.15, 0.2) is 54.6 Å². The first-order valence-corrected chi connectivity index (χ1v) is 11.8. The summed E-state index contributed by atoms with van der Waals surface area (Å²) in [6.07, 6.45) is 2.32. The van der Waals surface area contributed by atoms with Crippen LogP contribution in [0.3, 0.4) is 0 Å². The van der Waals surface area contributed by atoms with Crippen molar-refractivity contribution in [3.63, 3.8) is 0 Å². The number of aryl methyl sites for hydroxylation is 2. The van der Waals surface area contributed by atoms with Crippen LogP contribution in [0, 0.1) is 12.8 Å². The Kier molecular flexibility index (Phi) is 5.94. The summed E-state index contributed by atoms with van der Waals surface area (Å²) in [5, 5.41) is 7.98. The first-order valence-electron chi connectivity index (χ1n) is 11.8. The molecule has 0 aliphatic carbocycles. The maximum absolute atomic E-state index is 12.6. The Balaban J connectivity index is 1.24. The molecule has 3 aliphatic rings. The second-order valence-electron chi connectivity index (χ2n) is 9.42. The molecule has 1 aromatic heterocycles. The first-order chi connectivity index (χ1) is 16.0. The average molecular weight is 445 g/mol. The number of ether oxygens (including phenoxy) is 1. The Morgan fingerprint density at radius 1 is 1.15 bits per heavy atom. The van der Waals surface area contributed by atoms with Crippen LogP contribution in [-0.2, 0) is 7.05 Å². The molecule has 6 rings (SSSR count). The fraction of sp³-hybridized carbons (Fsp3) is 0.407. The summed E-state index contributed by atoms with van der Waals surface area (Å²) in [6.45, 7) is 4.87. The molecule has 2 aromatic carbocycles. The number of nitrogens with zero attached hydrogens (tertiary/aromatic N) is 3. The fourth-order valence-electron chi connectivity index (χ4n) is 5.43. The van der Waals surface area contributed by atoms with Crippen molar-refractivity contribution in [1.82, 2.24) is 20.0 Å². The van der Waals surface area contributed by atoms with Crippen molar-refractivity contribution in [2.75, 3.05) is 26.7 Å². The lowest BCUT2D eigenvalue weighted by molar-refractivity contribution is 0.0280. The van der Waals surface area contributed by atoms with Gasteiger partial charge in [0.15, 0.2) is 0 Å². The lowest BCUT2D eigenvalue weighted by Crippen LogP contribution is -2.56. The molecule has 6 nitrogen and oxygen atoms in total. The number of fused-ring (bicyclic) bond motifs is 3. The van der Waals surface area contributed by atoms with Gasteiger partial charge in [0.1, 0.15) is 5.75 Å². The molecule has 4 heterocycles. The highest BCUT2D eigenvalue weighted by Gasteiger charge is 2.41. The van der Waals surface area contributed by atoms with E-state index in [1.54, 1.807) is 7.11 Å². The minimum Gasteiger partial charge on any atom is -0.497 e. The molecule has 33 heavy (non-hydrogen) atoms. The van der Waals surface area contributed by atoms with E-state index in [1.165, 1.54) is 17.7 Å². The van der Waals surface area contributed by atoms with E-state index in [9.17, 15) is 4.79 Å². The van der Waals surface area contributed by atoms with Gasteiger partial charge in [-0.2, -0.15) is 5.10 Å². The zero-order chi connectivity index (χ0) is 22.9. The topological polar surface area (TPSA) is 59.4 Å². The summed E-state index contributed by atoms with van der Waals surface area (Å²) >= 11 is 0. The van der Waals surface area contributed by atoms with Gasteiger partial charge in [0.2, 0.25) is 0 Å². The summed E-state index contributed by atoms with van der Waals surface area (Å²) < 4.78 is 7.34. The molecule has 3 fully saturated rings. The highest BCUT2D eigenvalue weighted by molar-refractivity contribution is 5.94. The summed E-state index contributed by atoms with van der Waals surface area (Å²) in [6, 6.07) is 18.5. The molecular weight excluding hydrogens is 412 g/mol. The van der Waals surface area contributed by atoms with Gasteiger partial charge in [-0.3, -0.25) is 14.4 Å². The number of hydrogen-bond acceptors (Lipinski definition) is 4. The van der Waals surface area contributed by atoms with Crippen molar-refractivity contribution in [2.24, 2.45) is 13.0 Å². The zero-order valence-electron chi connectivity index (χ0n) is 19.6.